The lowest BCUT2D eigenvalue weighted by Crippen LogP contribution is -2.60. The van der Waals surface area contributed by atoms with E-state index in [-0.39, 0.29) is 51.1 Å². The first-order chi connectivity index (χ1) is 21.1. The minimum atomic E-state index is -1.75. The predicted molar refractivity (Wildman–Crippen MR) is 155 cm³/mol. The fourth-order valence-corrected chi connectivity index (χ4v) is 6.82. The van der Waals surface area contributed by atoms with Crippen LogP contribution in [0.5, 0.6) is 17.2 Å². The Labute approximate surface area is 253 Å². The minimum Gasteiger partial charge on any atom is -0.507 e. The first-order valence-corrected chi connectivity index (χ1v) is 14.6. The standard InChI is InChI=1S/C32H36N2O10/c1-42-17-10-19-25(21(11-17)43-31-30(41)29(40)27(38)22(14-35)44-31)28(39)24-18(26(19)37)8-15(9-20(24)36)12-32(6-2-3-7-32)16-4-5-23(33)34-13-16/h4-5,8-11,13,22-23,27,29-31,34-36,38,40-41H,2-3,6-7,12,14,33H2,1H3. The number of rotatable bonds is 7. The number of fused-ring (bicyclic) bond motifs is 2. The molecule has 0 amide bonds. The van der Waals surface area contributed by atoms with Gasteiger partial charge in [-0.2, -0.15) is 0 Å². The van der Waals surface area contributed by atoms with Crippen molar-refractivity contribution in [2.75, 3.05) is 13.7 Å². The van der Waals surface area contributed by atoms with Gasteiger partial charge in [0.25, 0.3) is 0 Å². The molecule has 2 aromatic carbocycles. The molecule has 1 saturated heterocycles. The van der Waals surface area contributed by atoms with E-state index >= 15 is 0 Å². The largest absolute Gasteiger partial charge is 0.507 e. The lowest BCUT2D eigenvalue weighted by molar-refractivity contribution is -0.277. The van der Waals surface area contributed by atoms with E-state index < -0.39 is 48.9 Å². The summed E-state index contributed by atoms with van der Waals surface area (Å²) in [4.78, 5) is 27.9. The van der Waals surface area contributed by atoms with Crippen LogP contribution in [0.4, 0.5) is 0 Å². The summed E-state index contributed by atoms with van der Waals surface area (Å²) in [6, 6.07) is 5.88. The molecule has 0 aromatic heterocycles. The Balaban J connectivity index is 1.37. The second kappa shape index (κ2) is 11.6. The number of allylic oxidation sites excluding steroid dienone is 2. The first-order valence-electron chi connectivity index (χ1n) is 14.6. The summed E-state index contributed by atoms with van der Waals surface area (Å²) in [6.45, 7) is -0.680. The number of benzene rings is 2. The molecule has 0 radical (unpaired) electrons. The van der Waals surface area contributed by atoms with Crippen molar-refractivity contribution in [2.45, 2.75) is 69.0 Å². The SMILES string of the molecule is COc1cc(OC2OC(CO)C(O)C(O)C2O)c2c(c1)C(=O)c1cc(CC3(C4=CNC(N)C=C4)CCCC3)cc(O)c1C2=O. The number of hydrogen-bond donors (Lipinski definition) is 7. The number of ether oxygens (including phenoxy) is 3. The van der Waals surface area contributed by atoms with Crippen LogP contribution in [0.25, 0.3) is 0 Å². The van der Waals surface area contributed by atoms with Crippen LogP contribution in [-0.2, 0) is 11.2 Å². The fraction of sp³-hybridized carbons (Fsp3) is 0.438. The summed E-state index contributed by atoms with van der Waals surface area (Å²) in [5.74, 6) is -1.61. The summed E-state index contributed by atoms with van der Waals surface area (Å²) in [6.07, 6.45) is 2.10. The highest BCUT2D eigenvalue weighted by molar-refractivity contribution is 6.30. The van der Waals surface area contributed by atoms with Crippen LogP contribution < -0.4 is 20.5 Å². The van der Waals surface area contributed by atoms with E-state index in [9.17, 15) is 35.1 Å². The predicted octanol–water partition coefficient (Wildman–Crippen LogP) is 0.786. The molecule has 2 aliphatic carbocycles. The van der Waals surface area contributed by atoms with Gasteiger partial charge in [0.2, 0.25) is 12.1 Å². The number of methoxy groups -OCH3 is 1. The molecule has 6 atom stereocenters. The molecule has 12 heteroatoms. The normalized spacial score (nSPS) is 29.0. The van der Waals surface area contributed by atoms with Crippen LogP contribution in [-0.4, -0.2) is 87.7 Å². The third-order valence-corrected chi connectivity index (χ3v) is 9.15. The number of aliphatic hydroxyl groups is 4. The molecule has 1 saturated carbocycles. The Morgan fingerprint density at radius 1 is 1.00 bits per heavy atom. The van der Waals surface area contributed by atoms with Gasteiger partial charge in [0.05, 0.1) is 31.0 Å². The first kappa shape index (κ1) is 30.3. The molecule has 2 aromatic rings. The van der Waals surface area contributed by atoms with E-state index in [1.165, 1.54) is 25.3 Å². The lowest BCUT2D eigenvalue weighted by Gasteiger charge is -2.39. The van der Waals surface area contributed by atoms with Crippen molar-refractivity contribution in [1.29, 1.82) is 0 Å². The van der Waals surface area contributed by atoms with E-state index in [0.29, 0.717) is 12.0 Å². The molecule has 2 fully saturated rings. The third kappa shape index (κ3) is 5.07. The molecule has 2 heterocycles. The molecule has 0 bridgehead atoms. The number of aromatic hydroxyl groups is 1. The summed E-state index contributed by atoms with van der Waals surface area (Å²) in [5.41, 5.74) is 7.18. The van der Waals surface area contributed by atoms with Gasteiger partial charge >= 0.3 is 0 Å². The van der Waals surface area contributed by atoms with E-state index in [1.807, 2.05) is 18.4 Å². The molecule has 0 spiro atoms. The smallest absolute Gasteiger partial charge is 0.229 e. The van der Waals surface area contributed by atoms with Gasteiger partial charge in [0, 0.05) is 28.8 Å². The zero-order valence-electron chi connectivity index (χ0n) is 24.1. The van der Waals surface area contributed by atoms with Gasteiger partial charge in [0.15, 0.2) is 5.78 Å². The maximum absolute atomic E-state index is 14.0. The quantitative estimate of drug-likeness (QED) is 0.199. The molecule has 4 aliphatic rings. The minimum absolute atomic E-state index is 0.0373. The Morgan fingerprint density at radius 3 is 2.39 bits per heavy atom. The molecular weight excluding hydrogens is 572 g/mol. The highest BCUT2D eigenvalue weighted by Gasteiger charge is 2.46. The van der Waals surface area contributed by atoms with Crippen LogP contribution in [0.2, 0.25) is 0 Å². The van der Waals surface area contributed by atoms with E-state index in [4.69, 9.17) is 19.9 Å². The van der Waals surface area contributed by atoms with Crippen LogP contribution in [0, 0.1) is 5.41 Å². The zero-order chi connectivity index (χ0) is 31.3. The number of phenols is 1. The number of carbonyl (C=O) groups excluding carboxylic acids is 2. The van der Waals surface area contributed by atoms with Crippen molar-refractivity contribution in [3.05, 3.63) is 76.0 Å². The van der Waals surface area contributed by atoms with Crippen molar-refractivity contribution < 1.29 is 49.3 Å². The molecule has 234 valence electrons. The molecule has 2 aliphatic heterocycles. The van der Waals surface area contributed by atoms with Gasteiger partial charge in [-0.25, -0.2) is 0 Å². The maximum atomic E-state index is 14.0. The number of dihydropyridines is 1. The Bertz CT molecular complexity index is 1540. The number of aliphatic hydroxyl groups excluding tert-OH is 4. The number of carbonyl (C=O) groups is 2. The maximum Gasteiger partial charge on any atom is 0.229 e. The number of nitrogens with one attached hydrogen (secondary N) is 1. The van der Waals surface area contributed by atoms with Gasteiger partial charge in [0.1, 0.15) is 41.7 Å². The average Bonchev–Trinajstić information content (AvgIpc) is 3.49. The molecule has 6 rings (SSSR count). The van der Waals surface area contributed by atoms with Crippen LogP contribution in [0.3, 0.4) is 0 Å². The van der Waals surface area contributed by atoms with Crippen molar-refractivity contribution in [3.8, 4) is 17.2 Å². The van der Waals surface area contributed by atoms with Crippen LogP contribution in [0.15, 0.2) is 48.2 Å². The average molecular weight is 609 g/mol. The van der Waals surface area contributed by atoms with Crippen molar-refractivity contribution in [3.63, 3.8) is 0 Å². The van der Waals surface area contributed by atoms with Crippen molar-refractivity contribution in [2.24, 2.45) is 11.1 Å². The molecule has 6 unspecified atom stereocenters. The number of ketones is 2. The van der Waals surface area contributed by atoms with Gasteiger partial charge in [-0.15, -0.1) is 0 Å². The summed E-state index contributed by atoms with van der Waals surface area (Å²) < 4.78 is 16.6. The molecule has 8 N–H and O–H groups in total. The summed E-state index contributed by atoms with van der Waals surface area (Å²) >= 11 is 0. The Morgan fingerprint density at radius 2 is 1.73 bits per heavy atom. The van der Waals surface area contributed by atoms with Gasteiger partial charge in [-0.1, -0.05) is 18.9 Å². The van der Waals surface area contributed by atoms with E-state index in [2.05, 4.69) is 5.32 Å². The molecule has 12 nitrogen and oxygen atoms in total. The van der Waals surface area contributed by atoms with Gasteiger partial charge < -0.3 is 50.8 Å². The monoisotopic (exact) mass is 608 g/mol. The zero-order valence-corrected chi connectivity index (χ0v) is 24.1. The third-order valence-electron chi connectivity index (χ3n) is 9.15. The number of phenolic OH excluding ortho intramolecular Hbond substituents is 1. The number of nitrogens with two attached hydrogens (primary N) is 1. The Kier molecular flexibility index (Phi) is 7.99. The Hall–Kier alpha value is -3.78. The van der Waals surface area contributed by atoms with Crippen molar-refractivity contribution >= 4 is 11.6 Å². The fourth-order valence-electron chi connectivity index (χ4n) is 6.82. The highest BCUT2D eigenvalue weighted by atomic mass is 16.7. The summed E-state index contributed by atoms with van der Waals surface area (Å²) in [5, 5.41) is 54.8. The topological polar surface area (TPSA) is 201 Å². The van der Waals surface area contributed by atoms with Gasteiger partial charge in [-0.05, 0) is 54.7 Å². The second-order valence-electron chi connectivity index (χ2n) is 11.9. The van der Waals surface area contributed by atoms with Crippen LogP contribution >= 0.6 is 0 Å². The van der Waals surface area contributed by atoms with E-state index in [0.717, 1.165) is 31.3 Å². The van der Waals surface area contributed by atoms with Gasteiger partial charge in [-0.3, -0.25) is 9.59 Å². The summed E-state index contributed by atoms with van der Waals surface area (Å²) in [7, 11) is 1.36. The van der Waals surface area contributed by atoms with E-state index in [1.54, 1.807) is 6.07 Å². The molecule has 44 heavy (non-hydrogen) atoms. The molecular formula is C32H36N2O10. The van der Waals surface area contributed by atoms with Crippen LogP contribution in [0.1, 0.15) is 63.1 Å². The second-order valence-corrected chi connectivity index (χ2v) is 11.9. The lowest BCUT2D eigenvalue weighted by atomic mass is 9.72. The highest BCUT2D eigenvalue weighted by Crippen LogP contribution is 2.49. The van der Waals surface area contributed by atoms with Crippen molar-refractivity contribution in [1.82, 2.24) is 5.32 Å². The number of hydrogen-bond acceptors (Lipinski definition) is 12.